The van der Waals surface area contributed by atoms with E-state index in [-0.39, 0.29) is 42.1 Å². The van der Waals surface area contributed by atoms with Crippen molar-refractivity contribution in [3.63, 3.8) is 0 Å². The molecule has 0 aliphatic heterocycles. The fourth-order valence-electron chi connectivity index (χ4n) is 8.48. The largest absolute Gasteiger partial charge is 2.00 e. The van der Waals surface area contributed by atoms with Crippen LogP contribution in [0.1, 0.15) is 11.1 Å². The van der Waals surface area contributed by atoms with Gasteiger partial charge in [-0.15, -0.1) is 58.3 Å². The molecule has 306 valence electrons. The Kier molecular flexibility index (Phi) is 10.3. The van der Waals surface area contributed by atoms with Gasteiger partial charge in [-0.25, -0.2) is 19.9 Å². The number of hydrogen-bond acceptors (Lipinski definition) is 6. The second kappa shape index (κ2) is 16.1. The van der Waals surface area contributed by atoms with Crippen LogP contribution < -0.4 is 9.47 Å². The summed E-state index contributed by atoms with van der Waals surface area (Å²) in [6, 6.07) is 56.9. The van der Waals surface area contributed by atoms with E-state index in [1.54, 1.807) is 30.9 Å². The molecule has 6 heterocycles. The summed E-state index contributed by atoms with van der Waals surface area (Å²) in [6.45, 7) is 4.06. The molecule has 12 rings (SSSR count). The van der Waals surface area contributed by atoms with E-state index in [9.17, 15) is 0 Å². The minimum Gasteiger partial charge on any atom is -0.509 e. The number of benzene rings is 6. The van der Waals surface area contributed by atoms with Crippen LogP contribution in [-0.4, -0.2) is 33.6 Å². The minimum absolute atomic E-state index is 0. The molecule has 0 saturated carbocycles. The number of aryl methyl sites for hydroxylation is 2. The Labute approximate surface area is 390 Å². The Bertz CT molecular complexity index is 3460. The number of hydrogen-bond donors (Lipinski definition) is 0. The van der Waals surface area contributed by atoms with Crippen LogP contribution in [0.4, 0.5) is 0 Å². The van der Waals surface area contributed by atoms with Crippen molar-refractivity contribution in [1.29, 1.82) is 0 Å². The first-order valence-corrected chi connectivity index (χ1v) is 19.9. The fraction of sp³-hybridized carbons (Fsp3) is 0.0385. The standard InChI is InChI=1S/C52H31N7O2.2Pt/c1-32-26-40-41-27-33(2)49(61-35-19-21-39-37-13-4-6-15-43(37)58(45(39)29-35)51-17-8-10-23-54-51)31-47(41)59(52-55-24-11-25-56-52)46(40)30-48(32)60-34-18-20-38-36-12-3-5-14-42(36)57(44(38)28-34)50-16-7-9-22-53-50;;/h3-27H,1-2H3;;/q-4;2*+2. The van der Waals surface area contributed by atoms with Gasteiger partial charge >= 0.3 is 42.1 Å². The van der Waals surface area contributed by atoms with Gasteiger partial charge in [0.1, 0.15) is 11.6 Å². The molecule has 0 spiro atoms. The van der Waals surface area contributed by atoms with Crippen molar-refractivity contribution in [3.8, 4) is 40.6 Å². The predicted octanol–water partition coefficient (Wildman–Crippen LogP) is 12.0. The zero-order valence-electron chi connectivity index (χ0n) is 33.5. The Morgan fingerprint density at radius 3 is 1.29 bits per heavy atom. The van der Waals surface area contributed by atoms with Gasteiger partial charge in [-0.05, 0) is 53.2 Å². The van der Waals surface area contributed by atoms with Crippen molar-refractivity contribution in [2.24, 2.45) is 0 Å². The van der Waals surface area contributed by atoms with Crippen molar-refractivity contribution < 1.29 is 51.6 Å². The molecular formula is C52H31N7O2Pt2. The smallest absolute Gasteiger partial charge is 0.509 e. The van der Waals surface area contributed by atoms with E-state index in [2.05, 4.69) is 102 Å². The van der Waals surface area contributed by atoms with Crippen molar-refractivity contribution in [3.05, 3.63) is 188 Å². The van der Waals surface area contributed by atoms with Gasteiger partial charge in [0, 0.05) is 58.8 Å². The Morgan fingerprint density at radius 2 is 0.825 bits per heavy atom. The van der Waals surface area contributed by atoms with Crippen molar-refractivity contribution >= 4 is 65.4 Å². The van der Waals surface area contributed by atoms with Crippen LogP contribution in [0, 0.1) is 38.1 Å². The quantitative estimate of drug-likeness (QED) is 0.148. The molecule has 0 N–H and O–H groups in total. The van der Waals surface area contributed by atoms with E-state index < -0.39 is 0 Å². The molecule has 0 saturated heterocycles. The summed E-state index contributed by atoms with van der Waals surface area (Å²) in [5, 5.41) is 6.26. The minimum atomic E-state index is 0. The average Bonchev–Trinajstić information content (AvgIpc) is 3.92. The van der Waals surface area contributed by atoms with Crippen LogP contribution in [0.25, 0.3) is 83.0 Å². The van der Waals surface area contributed by atoms with Gasteiger partial charge < -0.3 is 23.2 Å². The molecule has 9 nitrogen and oxygen atoms in total. The van der Waals surface area contributed by atoms with E-state index in [4.69, 9.17) is 9.47 Å². The summed E-state index contributed by atoms with van der Waals surface area (Å²) >= 11 is 0. The van der Waals surface area contributed by atoms with Crippen LogP contribution in [0.2, 0.25) is 0 Å². The van der Waals surface area contributed by atoms with E-state index in [0.29, 0.717) is 28.9 Å². The maximum atomic E-state index is 6.68. The van der Waals surface area contributed by atoms with Crippen LogP contribution in [-0.2, 0) is 42.1 Å². The first-order chi connectivity index (χ1) is 30.1. The summed E-state index contributed by atoms with van der Waals surface area (Å²) in [6.07, 6.45) is 7.06. The average molecular weight is 1180 g/mol. The monoisotopic (exact) mass is 1180 g/mol. The fourth-order valence-corrected chi connectivity index (χ4v) is 8.48. The zero-order valence-corrected chi connectivity index (χ0v) is 38.1. The number of aromatic nitrogens is 7. The first kappa shape index (κ1) is 40.2. The summed E-state index contributed by atoms with van der Waals surface area (Å²) < 4.78 is 19.6. The number of fused-ring (bicyclic) bond motifs is 9. The first-order valence-electron chi connectivity index (χ1n) is 19.9. The third-order valence-electron chi connectivity index (χ3n) is 11.2. The number of para-hydroxylation sites is 2. The van der Waals surface area contributed by atoms with Gasteiger partial charge in [0.25, 0.3) is 0 Å². The Hall–Kier alpha value is -6.92. The van der Waals surface area contributed by atoms with E-state index >= 15 is 0 Å². The number of ether oxygens (including phenoxy) is 2. The molecule has 0 atom stereocenters. The molecule has 0 bridgehead atoms. The maximum Gasteiger partial charge on any atom is 2.00 e. The number of nitrogens with zero attached hydrogens (tertiary/aromatic N) is 7. The normalized spacial score (nSPS) is 11.4. The van der Waals surface area contributed by atoms with Gasteiger partial charge in [-0.2, -0.15) is 35.0 Å². The summed E-state index contributed by atoms with van der Waals surface area (Å²) in [5.41, 5.74) is 7.12. The van der Waals surface area contributed by atoms with Crippen LogP contribution in [0.3, 0.4) is 0 Å². The third-order valence-corrected chi connectivity index (χ3v) is 11.2. The molecule has 0 fully saturated rings. The van der Waals surface area contributed by atoms with Crippen molar-refractivity contribution in [2.75, 3.05) is 0 Å². The van der Waals surface area contributed by atoms with E-state index in [1.165, 1.54) is 0 Å². The van der Waals surface area contributed by atoms with Gasteiger partial charge in [-0.3, -0.25) is 0 Å². The number of rotatable bonds is 7. The Morgan fingerprint density at radius 1 is 0.397 bits per heavy atom. The Balaban J connectivity index is 0.00000236. The van der Waals surface area contributed by atoms with Crippen LogP contribution in [0.15, 0.2) is 152 Å². The van der Waals surface area contributed by atoms with E-state index in [0.717, 1.165) is 88.2 Å². The summed E-state index contributed by atoms with van der Waals surface area (Å²) in [7, 11) is 0. The summed E-state index contributed by atoms with van der Waals surface area (Å²) in [4.78, 5) is 18.7. The molecule has 0 aliphatic carbocycles. The molecule has 12 aromatic rings. The van der Waals surface area contributed by atoms with Crippen molar-refractivity contribution in [2.45, 2.75) is 13.8 Å². The van der Waals surface area contributed by atoms with Gasteiger partial charge in [0.15, 0.2) is 0 Å². The predicted molar refractivity (Wildman–Crippen MR) is 238 cm³/mol. The molecule has 6 aromatic heterocycles. The molecular weight excluding hydrogens is 1140 g/mol. The molecule has 0 aliphatic rings. The van der Waals surface area contributed by atoms with Gasteiger partial charge in [0.2, 0.25) is 5.95 Å². The topological polar surface area (TPSA) is 84.8 Å². The molecule has 6 aromatic carbocycles. The molecule has 0 amide bonds. The van der Waals surface area contributed by atoms with E-state index in [1.807, 2.05) is 91.2 Å². The SMILES string of the molecule is Cc1cc2c3cc(C)c(Oc4[c-]c5c(cc4)c4ccccc4n5-c4ccccn4)[c-]c3n(-c3ncccn3)c2[c-]c1Oc1[c-]c2c(cc1)c1ccccc1n2-c1ccccn1.[Pt+2].[Pt+2]. The second-order valence-corrected chi connectivity index (χ2v) is 14.9. The van der Waals surface area contributed by atoms with Crippen LogP contribution in [0.5, 0.6) is 23.0 Å². The third kappa shape index (κ3) is 6.62. The molecule has 0 unspecified atom stereocenters. The zero-order chi connectivity index (χ0) is 40.6. The number of pyridine rings is 2. The van der Waals surface area contributed by atoms with Crippen molar-refractivity contribution in [1.82, 2.24) is 33.6 Å². The van der Waals surface area contributed by atoms with Crippen LogP contribution >= 0.6 is 0 Å². The molecule has 63 heavy (non-hydrogen) atoms. The summed E-state index contributed by atoms with van der Waals surface area (Å²) in [5.74, 6) is 4.31. The second-order valence-electron chi connectivity index (χ2n) is 14.9. The van der Waals surface area contributed by atoms with Gasteiger partial charge in [-0.1, -0.05) is 84.4 Å². The molecule has 0 radical (unpaired) electrons. The molecule has 11 heteroatoms. The van der Waals surface area contributed by atoms with Gasteiger partial charge in [0.05, 0.1) is 0 Å². The maximum absolute atomic E-state index is 6.68.